The van der Waals surface area contributed by atoms with Crippen LogP contribution in [0.15, 0.2) is 18.2 Å². The summed E-state index contributed by atoms with van der Waals surface area (Å²) in [5.41, 5.74) is 0.726. The monoisotopic (exact) mass is 284 g/mol. The lowest BCUT2D eigenvalue weighted by atomic mass is 9.95. The number of piperidine rings is 1. The van der Waals surface area contributed by atoms with E-state index < -0.39 is 11.6 Å². The van der Waals surface area contributed by atoms with Crippen molar-refractivity contribution in [3.63, 3.8) is 0 Å². The summed E-state index contributed by atoms with van der Waals surface area (Å²) in [6.07, 6.45) is 1.79. The molecule has 1 saturated heterocycles. The van der Waals surface area contributed by atoms with Gasteiger partial charge in [0.05, 0.1) is 0 Å². The molecule has 0 spiro atoms. The molecular weight excluding hydrogens is 262 g/mol. The number of halogens is 2. The minimum atomic E-state index is -0.809. The Hall–Kier alpha value is -1.20. The van der Waals surface area contributed by atoms with Crippen molar-refractivity contribution in [3.8, 4) is 0 Å². The Morgan fingerprint density at radius 1 is 1.30 bits per heavy atom. The Bertz CT molecular complexity index is 442. The molecule has 2 N–H and O–H groups in total. The lowest BCUT2D eigenvalue weighted by Crippen LogP contribution is -2.49. The van der Waals surface area contributed by atoms with Crippen molar-refractivity contribution < 1.29 is 13.9 Å². The molecule has 112 valence electrons. The third-order valence-corrected chi connectivity index (χ3v) is 3.70. The summed E-state index contributed by atoms with van der Waals surface area (Å²) in [6, 6.07) is 4.38. The first-order valence-corrected chi connectivity index (χ1v) is 7.14. The molecule has 1 heterocycles. The number of benzene rings is 1. The van der Waals surface area contributed by atoms with Crippen molar-refractivity contribution in [1.82, 2.24) is 5.32 Å². The maximum Gasteiger partial charge on any atom is 0.160 e. The molecule has 2 unspecified atom stereocenters. The molecular formula is C15H22F2N2O. The second-order valence-electron chi connectivity index (χ2n) is 5.57. The molecule has 5 heteroatoms. The predicted octanol–water partition coefficient (Wildman–Crippen LogP) is 2.15. The Morgan fingerprint density at radius 3 is 2.80 bits per heavy atom. The highest BCUT2D eigenvalue weighted by atomic mass is 19.2. The van der Waals surface area contributed by atoms with Crippen molar-refractivity contribution >= 4 is 5.69 Å². The Kier molecular flexibility index (Phi) is 5.31. The molecule has 1 fully saturated rings. The third kappa shape index (κ3) is 3.90. The molecule has 1 aliphatic heterocycles. The molecule has 20 heavy (non-hydrogen) atoms. The van der Waals surface area contributed by atoms with Crippen LogP contribution in [0.5, 0.6) is 0 Å². The Labute approximate surface area is 118 Å². The number of aliphatic hydroxyl groups excluding tert-OH is 1. The Morgan fingerprint density at radius 2 is 2.10 bits per heavy atom. The number of nitrogens with one attached hydrogen (secondary N) is 1. The van der Waals surface area contributed by atoms with Crippen LogP contribution in [0.25, 0.3) is 0 Å². The second kappa shape index (κ2) is 6.99. The fraction of sp³-hybridized carbons (Fsp3) is 0.600. The van der Waals surface area contributed by atoms with Gasteiger partial charge in [-0.25, -0.2) is 8.78 Å². The van der Waals surface area contributed by atoms with Crippen LogP contribution in [0.1, 0.15) is 19.8 Å². The molecule has 1 aliphatic rings. The summed E-state index contributed by atoms with van der Waals surface area (Å²) >= 11 is 0. The number of rotatable bonds is 5. The van der Waals surface area contributed by atoms with E-state index in [2.05, 4.69) is 17.1 Å². The maximum atomic E-state index is 13.3. The van der Waals surface area contributed by atoms with Crippen molar-refractivity contribution in [3.05, 3.63) is 29.8 Å². The van der Waals surface area contributed by atoms with E-state index in [1.54, 1.807) is 6.07 Å². The van der Waals surface area contributed by atoms with E-state index in [9.17, 15) is 8.78 Å². The van der Waals surface area contributed by atoms with Crippen molar-refractivity contribution in [1.29, 1.82) is 0 Å². The maximum absolute atomic E-state index is 13.3. The minimum Gasteiger partial charge on any atom is -0.396 e. The van der Waals surface area contributed by atoms with Crippen LogP contribution in [-0.4, -0.2) is 37.4 Å². The van der Waals surface area contributed by atoms with Gasteiger partial charge in [-0.15, -0.1) is 0 Å². The number of hydrogen-bond donors (Lipinski definition) is 2. The average molecular weight is 284 g/mol. The lowest BCUT2D eigenvalue weighted by molar-refractivity contribution is 0.276. The third-order valence-electron chi connectivity index (χ3n) is 3.70. The van der Waals surface area contributed by atoms with Crippen LogP contribution in [0.2, 0.25) is 0 Å². The zero-order chi connectivity index (χ0) is 14.5. The summed E-state index contributed by atoms with van der Waals surface area (Å²) in [6.45, 7) is 4.75. The van der Waals surface area contributed by atoms with E-state index in [4.69, 9.17) is 5.11 Å². The van der Waals surface area contributed by atoms with Gasteiger partial charge in [0.25, 0.3) is 0 Å². The largest absolute Gasteiger partial charge is 0.396 e. The minimum absolute atomic E-state index is 0.183. The van der Waals surface area contributed by atoms with Crippen molar-refractivity contribution in [2.75, 3.05) is 31.1 Å². The summed E-state index contributed by atoms with van der Waals surface area (Å²) in [4.78, 5) is 2.09. The predicted molar refractivity (Wildman–Crippen MR) is 75.8 cm³/mol. The van der Waals surface area contributed by atoms with Gasteiger partial charge in [-0.2, -0.15) is 0 Å². The highest BCUT2D eigenvalue weighted by Gasteiger charge is 2.24. The summed E-state index contributed by atoms with van der Waals surface area (Å²) in [5.74, 6) is -1.12. The molecule has 0 aromatic heterocycles. The van der Waals surface area contributed by atoms with Crippen LogP contribution in [0.3, 0.4) is 0 Å². The first kappa shape index (κ1) is 15.2. The first-order valence-electron chi connectivity index (χ1n) is 7.14. The van der Waals surface area contributed by atoms with Gasteiger partial charge in [0.2, 0.25) is 0 Å². The van der Waals surface area contributed by atoms with Crippen LogP contribution in [-0.2, 0) is 0 Å². The Balaban J connectivity index is 2.01. The molecule has 1 aromatic carbocycles. The standard InChI is InChI=1S/C15H22F2N2O/c1-11-7-12(18-5-2-6-20)10-19(9-11)13-3-4-14(16)15(17)8-13/h3-4,8,11-12,18,20H,2,5-7,9-10H2,1H3. The number of hydrogen-bond acceptors (Lipinski definition) is 3. The van der Waals surface area contributed by atoms with Crippen molar-refractivity contribution in [2.45, 2.75) is 25.8 Å². The highest BCUT2D eigenvalue weighted by molar-refractivity contribution is 5.47. The SMILES string of the molecule is CC1CC(NCCCO)CN(c2ccc(F)c(F)c2)C1. The van der Waals surface area contributed by atoms with Gasteiger partial charge in [-0.1, -0.05) is 6.92 Å². The van der Waals surface area contributed by atoms with E-state index in [1.807, 2.05) is 0 Å². The molecule has 0 amide bonds. The van der Waals surface area contributed by atoms with Gasteiger partial charge in [0.15, 0.2) is 11.6 Å². The highest BCUT2D eigenvalue weighted by Crippen LogP contribution is 2.24. The summed E-state index contributed by atoms with van der Waals surface area (Å²) in [5, 5.41) is 12.2. The molecule has 3 nitrogen and oxygen atoms in total. The lowest BCUT2D eigenvalue weighted by Gasteiger charge is -2.38. The van der Waals surface area contributed by atoms with E-state index in [1.165, 1.54) is 12.1 Å². The molecule has 0 bridgehead atoms. The average Bonchev–Trinajstić information content (AvgIpc) is 2.41. The molecule has 2 atom stereocenters. The second-order valence-corrected chi connectivity index (χ2v) is 5.57. The topological polar surface area (TPSA) is 35.5 Å². The van der Waals surface area contributed by atoms with Gasteiger partial charge in [-0.05, 0) is 37.4 Å². The van der Waals surface area contributed by atoms with Gasteiger partial charge < -0.3 is 15.3 Å². The summed E-state index contributed by atoms with van der Waals surface area (Å²) < 4.78 is 26.3. The van der Waals surface area contributed by atoms with Gasteiger partial charge in [-0.3, -0.25) is 0 Å². The molecule has 0 saturated carbocycles. The van der Waals surface area contributed by atoms with Crippen LogP contribution < -0.4 is 10.2 Å². The number of anilines is 1. The van der Waals surface area contributed by atoms with Crippen molar-refractivity contribution in [2.24, 2.45) is 5.92 Å². The van der Waals surface area contributed by atoms with E-state index in [0.717, 1.165) is 38.2 Å². The van der Waals surface area contributed by atoms with Crippen LogP contribution in [0.4, 0.5) is 14.5 Å². The summed E-state index contributed by atoms with van der Waals surface area (Å²) in [7, 11) is 0. The van der Waals surface area contributed by atoms with Crippen LogP contribution >= 0.6 is 0 Å². The van der Waals surface area contributed by atoms with Gasteiger partial charge >= 0.3 is 0 Å². The van der Waals surface area contributed by atoms with Gasteiger partial charge in [0.1, 0.15) is 0 Å². The zero-order valence-electron chi connectivity index (χ0n) is 11.8. The molecule has 1 aromatic rings. The fourth-order valence-electron chi connectivity index (χ4n) is 2.78. The number of aliphatic hydroxyl groups is 1. The van der Waals surface area contributed by atoms with Crippen LogP contribution in [0, 0.1) is 17.6 Å². The van der Waals surface area contributed by atoms with E-state index in [0.29, 0.717) is 12.0 Å². The van der Waals surface area contributed by atoms with E-state index >= 15 is 0 Å². The fourth-order valence-corrected chi connectivity index (χ4v) is 2.78. The normalized spacial score (nSPS) is 23.1. The smallest absolute Gasteiger partial charge is 0.160 e. The zero-order valence-corrected chi connectivity index (χ0v) is 11.8. The van der Waals surface area contributed by atoms with E-state index in [-0.39, 0.29) is 6.61 Å². The molecule has 0 aliphatic carbocycles. The number of nitrogens with zero attached hydrogens (tertiary/aromatic N) is 1. The molecule has 0 radical (unpaired) electrons. The first-order chi connectivity index (χ1) is 9.60. The van der Waals surface area contributed by atoms with Gasteiger partial charge in [0, 0.05) is 37.5 Å². The molecule has 2 rings (SSSR count). The quantitative estimate of drug-likeness (QED) is 0.813.